The van der Waals surface area contributed by atoms with Crippen LogP contribution < -0.4 is 5.19 Å². The van der Waals surface area contributed by atoms with E-state index in [0.29, 0.717) is 12.5 Å². The monoisotopic (exact) mass is 396 g/mol. The summed E-state index contributed by atoms with van der Waals surface area (Å²) in [7, 11) is -1.61. The lowest BCUT2D eigenvalue weighted by Gasteiger charge is -2.55. The van der Waals surface area contributed by atoms with Crippen molar-refractivity contribution in [3.63, 3.8) is 0 Å². The van der Waals surface area contributed by atoms with Crippen molar-refractivity contribution in [2.24, 2.45) is 11.3 Å². The fraction of sp³-hybridized carbons (Fsp3) is 0.520. The fourth-order valence-corrected chi connectivity index (χ4v) is 10.1. The highest BCUT2D eigenvalue weighted by atomic mass is 28.3. The summed E-state index contributed by atoms with van der Waals surface area (Å²) in [5, 5.41) is 12.3. The predicted molar refractivity (Wildman–Crippen MR) is 121 cm³/mol. The molecule has 1 aliphatic carbocycles. The molecule has 0 unspecified atom stereocenters. The zero-order chi connectivity index (χ0) is 20.0. The van der Waals surface area contributed by atoms with Gasteiger partial charge < -0.3 is 9.84 Å². The van der Waals surface area contributed by atoms with Crippen LogP contribution in [0.2, 0.25) is 18.1 Å². The highest BCUT2D eigenvalue weighted by Gasteiger charge is 2.54. The number of ether oxygens (including phenoxy) is 1. The van der Waals surface area contributed by atoms with Gasteiger partial charge in [-0.25, -0.2) is 0 Å². The molecule has 3 heteroatoms. The van der Waals surface area contributed by atoms with Crippen molar-refractivity contribution >= 4 is 13.3 Å². The highest BCUT2D eigenvalue weighted by Crippen LogP contribution is 2.54. The average molecular weight is 397 g/mol. The van der Waals surface area contributed by atoms with E-state index in [2.05, 4.69) is 75.4 Å². The van der Waals surface area contributed by atoms with Crippen LogP contribution in [0.4, 0.5) is 0 Å². The first kappa shape index (κ1) is 21.3. The first-order chi connectivity index (χ1) is 13.5. The van der Waals surface area contributed by atoms with E-state index < -0.39 is 8.07 Å². The summed E-state index contributed by atoms with van der Waals surface area (Å²) in [4.78, 5) is 0. The standard InChI is InChI=1S/C25H36O2Si/c1-4-28(5-2,23-14-10-7-11-15-23)20-25(3)22(18-24(25)26)16-17-27-19-21-12-8-6-9-13-21/h6-15,22,24,26H,4-5,16-20H2,1-3H3/t22-,24-,25+/m1/s1. The minimum Gasteiger partial charge on any atom is -0.393 e. The molecule has 1 saturated carbocycles. The summed E-state index contributed by atoms with van der Waals surface area (Å²) in [6.07, 6.45) is 1.81. The van der Waals surface area contributed by atoms with Crippen molar-refractivity contribution < 1.29 is 9.84 Å². The summed E-state index contributed by atoms with van der Waals surface area (Å²) in [5.41, 5.74) is 1.26. The summed E-state index contributed by atoms with van der Waals surface area (Å²) in [6, 6.07) is 25.2. The third-order valence-electron chi connectivity index (χ3n) is 7.38. The summed E-state index contributed by atoms with van der Waals surface area (Å²) in [5.74, 6) is 0.562. The molecule has 1 N–H and O–H groups in total. The molecule has 2 nitrogen and oxygen atoms in total. The lowest BCUT2D eigenvalue weighted by molar-refractivity contribution is -0.108. The van der Waals surface area contributed by atoms with Crippen LogP contribution in [0.3, 0.4) is 0 Å². The van der Waals surface area contributed by atoms with Crippen LogP contribution in [0.15, 0.2) is 60.7 Å². The van der Waals surface area contributed by atoms with Gasteiger partial charge in [-0.1, -0.05) is 98.7 Å². The Labute approximate surface area is 172 Å². The molecule has 0 saturated heterocycles. The van der Waals surface area contributed by atoms with Crippen LogP contribution in [0.1, 0.15) is 39.2 Å². The number of hydrogen-bond donors (Lipinski definition) is 1. The van der Waals surface area contributed by atoms with Crippen LogP contribution in [0.5, 0.6) is 0 Å². The van der Waals surface area contributed by atoms with Gasteiger partial charge in [-0.05, 0) is 35.8 Å². The zero-order valence-corrected chi connectivity index (χ0v) is 18.7. The van der Waals surface area contributed by atoms with Crippen molar-refractivity contribution in [3.05, 3.63) is 66.2 Å². The topological polar surface area (TPSA) is 29.5 Å². The van der Waals surface area contributed by atoms with Gasteiger partial charge in [-0.15, -0.1) is 0 Å². The second-order valence-corrected chi connectivity index (χ2v) is 13.7. The Balaban J connectivity index is 1.62. The van der Waals surface area contributed by atoms with Gasteiger partial charge in [0.15, 0.2) is 0 Å². The van der Waals surface area contributed by atoms with Crippen molar-refractivity contribution in [1.82, 2.24) is 0 Å². The molecule has 3 rings (SSSR count). The van der Waals surface area contributed by atoms with Crippen LogP contribution in [-0.4, -0.2) is 25.9 Å². The number of hydrogen-bond acceptors (Lipinski definition) is 2. The van der Waals surface area contributed by atoms with E-state index in [-0.39, 0.29) is 11.5 Å². The first-order valence-corrected chi connectivity index (χ1v) is 13.5. The van der Waals surface area contributed by atoms with E-state index in [9.17, 15) is 5.11 Å². The molecule has 0 aliphatic heterocycles. The first-order valence-electron chi connectivity index (χ1n) is 10.9. The summed E-state index contributed by atoms with van der Waals surface area (Å²) >= 11 is 0. The average Bonchev–Trinajstić information content (AvgIpc) is 2.75. The fourth-order valence-electron chi connectivity index (χ4n) is 5.15. The van der Waals surface area contributed by atoms with E-state index in [0.717, 1.165) is 19.4 Å². The van der Waals surface area contributed by atoms with Crippen molar-refractivity contribution in [1.29, 1.82) is 0 Å². The maximum atomic E-state index is 10.8. The SMILES string of the molecule is CC[Si](CC)(C[C@@]1(C)[C@H](CCOCc2ccccc2)C[C@H]1O)c1ccccc1. The molecule has 2 aromatic rings. The van der Waals surface area contributed by atoms with E-state index in [1.54, 1.807) is 5.19 Å². The van der Waals surface area contributed by atoms with Gasteiger partial charge in [-0.2, -0.15) is 0 Å². The predicted octanol–water partition coefficient (Wildman–Crippen LogP) is 5.38. The highest BCUT2D eigenvalue weighted by molar-refractivity contribution is 6.91. The second kappa shape index (κ2) is 9.38. The van der Waals surface area contributed by atoms with Gasteiger partial charge in [0.1, 0.15) is 0 Å². The lowest BCUT2D eigenvalue weighted by atomic mass is 9.59. The maximum Gasteiger partial charge on any atom is 0.0868 e. The molecule has 152 valence electrons. The third-order valence-corrected chi connectivity index (χ3v) is 13.1. The molecule has 2 aromatic carbocycles. The van der Waals surface area contributed by atoms with E-state index in [1.165, 1.54) is 23.7 Å². The summed E-state index contributed by atoms with van der Waals surface area (Å²) in [6.45, 7) is 8.50. The largest absolute Gasteiger partial charge is 0.393 e. The smallest absolute Gasteiger partial charge is 0.0868 e. The Morgan fingerprint density at radius 3 is 2.18 bits per heavy atom. The molecule has 3 atom stereocenters. The van der Waals surface area contributed by atoms with E-state index >= 15 is 0 Å². The van der Waals surface area contributed by atoms with Crippen LogP contribution in [0, 0.1) is 11.3 Å². The normalized spacial score (nSPS) is 24.7. The van der Waals surface area contributed by atoms with Gasteiger partial charge in [0.2, 0.25) is 0 Å². The summed E-state index contributed by atoms with van der Waals surface area (Å²) < 4.78 is 5.95. The second-order valence-electron chi connectivity index (χ2n) is 8.81. The Hall–Kier alpha value is -1.42. The van der Waals surface area contributed by atoms with Gasteiger partial charge in [0, 0.05) is 6.61 Å². The maximum absolute atomic E-state index is 10.8. The number of aliphatic hydroxyl groups excluding tert-OH is 1. The van der Waals surface area contributed by atoms with Gasteiger partial charge in [0.25, 0.3) is 0 Å². The Bertz CT molecular complexity index is 714. The Kier molecular flexibility index (Phi) is 7.13. The molecule has 0 heterocycles. The lowest BCUT2D eigenvalue weighted by Crippen LogP contribution is -2.59. The number of rotatable bonds is 10. The molecule has 0 aromatic heterocycles. The Morgan fingerprint density at radius 2 is 1.61 bits per heavy atom. The zero-order valence-electron chi connectivity index (χ0n) is 17.7. The molecular formula is C25H36O2Si. The van der Waals surface area contributed by atoms with E-state index in [4.69, 9.17) is 4.74 Å². The number of benzene rings is 2. The minimum absolute atomic E-state index is 0.0319. The van der Waals surface area contributed by atoms with Crippen molar-refractivity contribution in [3.8, 4) is 0 Å². The molecule has 0 spiro atoms. The molecule has 1 fully saturated rings. The molecule has 1 aliphatic rings. The van der Waals surface area contributed by atoms with Gasteiger partial charge in [-0.3, -0.25) is 0 Å². The number of aliphatic hydroxyl groups is 1. The van der Waals surface area contributed by atoms with Crippen LogP contribution in [0.25, 0.3) is 0 Å². The molecule has 28 heavy (non-hydrogen) atoms. The molecule has 0 radical (unpaired) electrons. The van der Waals surface area contributed by atoms with Crippen LogP contribution in [-0.2, 0) is 11.3 Å². The Morgan fingerprint density at radius 1 is 1.00 bits per heavy atom. The van der Waals surface area contributed by atoms with Gasteiger partial charge in [0.05, 0.1) is 20.8 Å². The van der Waals surface area contributed by atoms with Gasteiger partial charge >= 0.3 is 0 Å². The molecule has 0 bridgehead atoms. The van der Waals surface area contributed by atoms with Crippen molar-refractivity contribution in [2.75, 3.05) is 6.61 Å². The van der Waals surface area contributed by atoms with E-state index in [1.807, 2.05) is 6.07 Å². The minimum atomic E-state index is -1.61. The third kappa shape index (κ3) is 4.42. The molecule has 0 amide bonds. The van der Waals surface area contributed by atoms with Crippen LogP contribution >= 0.6 is 0 Å². The van der Waals surface area contributed by atoms with Crippen molar-refractivity contribution in [2.45, 2.75) is 64.5 Å². The molecular weight excluding hydrogens is 360 g/mol. The quantitative estimate of drug-likeness (QED) is 0.432.